The number of hydrogen-bond donors (Lipinski definition) is 3. The van der Waals surface area contributed by atoms with Crippen molar-refractivity contribution in [1.29, 1.82) is 0 Å². The van der Waals surface area contributed by atoms with E-state index in [0.29, 0.717) is 5.92 Å². The van der Waals surface area contributed by atoms with Gasteiger partial charge < -0.3 is 21.2 Å². The van der Waals surface area contributed by atoms with Crippen LogP contribution in [0.3, 0.4) is 0 Å². The van der Waals surface area contributed by atoms with Crippen molar-refractivity contribution in [2.75, 3.05) is 26.2 Å². The normalized spacial score (nSPS) is 33.4. The minimum absolute atomic E-state index is 0.0684. The Labute approximate surface area is 109 Å². The molecule has 0 aliphatic carbocycles. The van der Waals surface area contributed by atoms with Crippen molar-refractivity contribution >= 4 is 5.84 Å². The van der Waals surface area contributed by atoms with Crippen LogP contribution in [0.1, 0.15) is 12.8 Å². The summed E-state index contributed by atoms with van der Waals surface area (Å²) in [5, 5.41) is 13.9. The van der Waals surface area contributed by atoms with Crippen LogP contribution < -0.4 is 11.1 Å². The summed E-state index contributed by atoms with van der Waals surface area (Å²) in [7, 11) is 0. The molecule has 0 radical (unpaired) electrons. The van der Waals surface area contributed by atoms with Crippen molar-refractivity contribution < 1.29 is 18.4 Å². The van der Waals surface area contributed by atoms with Crippen molar-refractivity contribution in [3.05, 3.63) is 0 Å². The topological polar surface area (TPSA) is 73.9 Å². The zero-order chi connectivity index (χ0) is 14.0. The van der Waals surface area contributed by atoms with Gasteiger partial charge in [-0.1, -0.05) is 5.16 Å². The van der Waals surface area contributed by atoms with Gasteiger partial charge in [0.2, 0.25) is 0 Å². The fraction of sp³-hybridized carbons (Fsp3) is 0.909. The molecule has 0 aromatic carbocycles. The van der Waals surface area contributed by atoms with Crippen LogP contribution in [0.25, 0.3) is 0 Å². The van der Waals surface area contributed by atoms with Crippen LogP contribution in [-0.2, 0) is 0 Å². The number of nitrogens with zero attached hydrogens (tertiary/aromatic N) is 2. The summed E-state index contributed by atoms with van der Waals surface area (Å²) in [5.41, 5.74) is 5.12. The van der Waals surface area contributed by atoms with E-state index in [1.165, 1.54) is 0 Å². The molecule has 0 spiro atoms. The summed E-state index contributed by atoms with van der Waals surface area (Å²) in [6.07, 6.45) is -2.45. The highest BCUT2D eigenvalue weighted by Crippen LogP contribution is 2.29. The highest BCUT2D eigenvalue weighted by molar-refractivity contribution is 5.83. The maximum absolute atomic E-state index is 12.8. The Balaban J connectivity index is 1.92. The second-order valence-electron chi connectivity index (χ2n) is 5.27. The molecular weight excluding hydrogens is 261 g/mol. The molecule has 0 aromatic heterocycles. The Bertz CT molecular complexity index is 339. The van der Waals surface area contributed by atoms with Crippen LogP contribution in [0, 0.1) is 11.8 Å². The maximum atomic E-state index is 12.8. The zero-order valence-electron chi connectivity index (χ0n) is 10.5. The zero-order valence-corrected chi connectivity index (χ0v) is 10.5. The number of halogens is 3. The maximum Gasteiger partial charge on any atom is 0.400 e. The van der Waals surface area contributed by atoms with Crippen molar-refractivity contribution in [1.82, 2.24) is 10.2 Å². The SMILES string of the molecule is NC(=NO)C(CNC1CN2CCC1CC2)C(F)(F)F. The lowest BCUT2D eigenvalue weighted by molar-refractivity contribution is -0.155. The molecule has 3 saturated heterocycles. The Morgan fingerprint density at radius 1 is 1.42 bits per heavy atom. The number of rotatable bonds is 4. The van der Waals surface area contributed by atoms with Gasteiger partial charge in [-0.25, -0.2) is 0 Å². The van der Waals surface area contributed by atoms with Gasteiger partial charge in [-0.3, -0.25) is 0 Å². The first-order chi connectivity index (χ1) is 8.91. The van der Waals surface area contributed by atoms with Gasteiger partial charge in [-0.2, -0.15) is 13.2 Å². The van der Waals surface area contributed by atoms with Gasteiger partial charge in [0.25, 0.3) is 0 Å². The Morgan fingerprint density at radius 2 is 2.05 bits per heavy atom. The number of alkyl halides is 3. The summed E-state index contributed by atoms with van der Waals surface area (Å²) < 4.78 is 38.3. The van der Waals surface area contributed by atoms with E-state index in [1.807, 2.05) is 0 Å². The predicted octanol–water partition coefficient (Wildman–Crippen LogP) is 0.595. The molecule has 2 unspecified atom stereocenters. The molecule has 3 rings (SSSR count). The average Bonchev–Trinajstić information content (AvgIpc) is 2.38. The fourth-order valence-corrected chi connectivity index (χ4v) is 2.92. The highest BCUT2D eigenvalue weighted by atomic mass is 19.4. The first-order valence-corrected chi connectivity index (χ1v) is 6.41. The van der Waals surface area contributed by atoms with Crippen molar-refractivity contribution in [2.45, 2.75) is 25.1 Å². The molecule has 2 atom stereocenters. The van der Waals surface area contributed by atoms with Gasteiger partial charge in [0.1, 0.15) is 5.92 Å². The first kappa shape index (κ1) is 14.4. The van der Waals surface area contributed by atoms with Gasteiger partial charge in [0.15, 0.2) is 5.84 Å². The van der Waals surface area contributed by atoms with Crippen LogP contribution in [0.4, 0.5) is 13.2 Å². The van der Waals surface area contributed by atoms with Crippen molar-refractivity contribution in [2.24, 2.45) is 22.7 Å². The third-order valence-electron chi connectivity index (χ3n) is 4.11. The number of oxime groups is 1. The van der Waals surface area contributed by atoms with E-state index in [2.05, 4.69) is 15.4 Å². The number of hydrogen-bond acceptors (Lipinski definition) is 4. The van der Waals surface area contributed by atoms with Gasteiger partial charge in [-0.15, -0.1) is 0 Å². The van der Waals surface area contributed by atoms with E-state index in [4.69, 9.17) is 10.9 Å². The molecule has 110 valence electrons. The van der Waals surface area contributed by atoms with Crippen LogP contribution in [0.15, 0.2) is 5.16 Å². The predicted molar refractivity (Wildman–Crippen MR) is 63.9 cm³/mol. The number of piperidine rings is 3. The number of fused-ring (bicyclic) bond motifs is 3. The average molecular weight is 280 g/mol. The molecule has 3 aliphatic rings. The van der Waals surface area contributed by atoms with E-state index < -0.39 is 17.9 Å². The molecule has 19 heavy (non-hydrogen) atoms. The quantitative estimate of drug-likeness (QED) is 0.305. The van der Waals surface area contributed by atoms with E-state index in [1.54, 1.807) is 0 Å². The molecule has 4 N–H and O–H groups in total. The summed E-state index contributed by atoms with van der Waals surface area (Å²) in [6.45, 7) is 2.51. The van der Waals surface area contributed by atoms with Crippen LogP contribution in [0.2, 0.25) is 0 Å². The second-order valence-corrected chi connectivity index (χ2v) is 5.27. The number of amidine groups is 1. The smallest absolute Gasteiger partial charge is 0.400 e. The summed E-state index contributed by atoms with van der Waals surface area (Å²) in [4.78, 5) is 2.25. The standard InChI is InChI=1S/C11H19F3N4O/c12-11(13,14)8(10(15)17-19)5-16-9-6-18-3-1-7(9)2-4-18/h7-9,16,19H,1-6H2,(H2,15,17). The molecule has 0 aromatic rings. The lowest BCUT2D eigenvalue weighted by Gasteiger charge is -2.45. The van der Waals surface area contributed by atoms with Gasteiger partial charge in [0, 0.05) is 19.1 Å². The van der Waals surface area contributed by atoms with Crippen LogP contribution in [-0.4, -0.2) is 54.3 Å². The second kappa shape index (κ2) is 5.54. The Hall–Kier alpha value is -1.02. The number of nitrogens with one attached hydrogen (secondary N) is 1. The lowest BCUT2D eigenvalue weighted by atomic mass is 9.84. The van der Waals surface area contributed by atoms with E-state index in [-0.39, 0.29) is 12.6 Å². The monoisotopic (exact) mass is 280 g/mol. The summed E-state index contributed by atoms with van der Waals surface area (Å²) in [5.74, 6) is -2.29. The third-order valence-corrected chi connectivity index (χ3v) is 4.11. The molecule has 0 saturated carbocycles. The summed E-state index contributed by atoms with van der Waals surface area (Å²) in [6, 6.07) is 0.0684. The first-order valence-electron chi connectivity index (χ1n) is 6.41. The minimum atomic E-state index is -4.50. The minimum Gasteiger partial charge on any atom is -0.409 e. The molecule has 2 bridgehead atoms. The molecule has 3 aliphatic heterocycles. The highest BCUT2D eigenvalue weighted by Gasteiger charge is 2.43. The van der Waals surface area contributed by atoms with Gasteiger partial charge in [-0.05, 0) is 31.8 Å². The van der Waals surface area contributed by atoms with Crippen LogP contribution >= 0.6 is 0 Å². The molecule has 5 nitrogen and oxygen atoms in total. The van der Waals surface area contributed by atoms with Gasteiger partial charge in [0.05, 0.1) is 0 Å². The molecule has 0 amide bonds. The molecule has 3 heterocycles. The van der Waals surface area contributed by atoms with E-state index >= 15 is 0 Å². The molecular formula is C11H19F3N4O. The Kier molecular flexibility index (Phi) is 4.19. The Morgan fingerprint density at radius 3 is 2.47 bits per heavy atom. The number of nitrogens with two attached hydrogens (primary N) is 1. The van der Waals surface area contributed by atoms with Crippen LogP contribution in [0.5, 0.6) is 0 Å². The molecule has 8 heteroatoms. The fourth-order valence-electron chi connectivity index (χ4n) is 2.92. The largest absolute Gasteiger partial charge is 0.409 e. The lowest BCUT2D eigenvalue weighted by Crippen LogP contribution is -2.58. The molecule has 3 fully saturated rings. The van der Waals surface area contributed by atoms with Gasteiger partial charge >= 0.3 is 6.18 Å². The van der Waals surface area contributed by atoms with E-state index in [9.17, 15) is 13.2 Å². The van der Waals surface area contributed by atoms with E-state index in [0.717, 1.165) is 32.5 Å². The van der Waals surface area contributed by atoms with Crippen molar-refractivity contribution in [3.8, 4) is 0 Å². The third kappa shape index (κ3) is 3.30. The van der Waals surface area contributed by atoms with Crippen molar-refractivity contribution in [3.63, 3.8) is 0 Å². The summed E-state index contributed by atoms with van der Waals surface area (Å²) >= 11 is 0.